The number of carbonyl (C=O) groups excluding carboxylic acids is 1. The lowest BCUT2D eigenvalue weighted by atomic mass is 10.1. The maximum atomic E-state index is 11.6. The lowest BCUT2D eigenvalue weighted by Gasteiger charge is -2.16. The lowest BCUT2D eigenvalue weighted by Crippen LogP contribution is -2.36. The smallest absolute Gasteiger partial charge is 0.261 e. The van der Waals surface area contributed by atoms with E-state index in [4.69, 9.17) is 16.9 Å². The first-order valence-electron chi connectivity index (χ1n) is 5.76. The number of amides is 1. The van der Waals surface area contributed by atoms with Gasteiger partial charge in [0.25, 0.3) is 5.91 Å². The molecule has 0 aromatic heterocycles. The number of terminal acetylenes is 1. The largest absolute Gasteiger partial charge is 0.481 e. The molecular formula is C14H18N2O2. The van der Waals surface area contributed by atoms with E-state index in [1.165, 1.54) is 0 Å². The van der Waals surface area contributed by atoms with Crippen LogP contribution in [0.1, 0.15) is 18.1 Å². The monoisotopic (exact) mass is 246 g/mol. The molecule has 0 aliphatic rings. The molecule has 0 saturated carbocycles. The molecule has 4 nitrogen and oxygen atoms in total. The molecule has 0 spiro atoms. The van der Waals surface area contributed by atoms with Crippen molar-refractivity contribution in [1.82, 2.24) is 5.32 Å². The Hall–Kier alpha value is -1.99. The summed E-state index contributed by atoms with van der Waals surface area (Å²) >= 11 is 0. The summed E-state index contributed by atoms with van der Waals surface area (Å²) in [4.78, 5) is 11.6. The average molecular weight is 246 g/mol. The summed E-state index contributed by atoms with van der Waals surface area (Å²) < 4.78 is 5.59. The molecule has 4 heteroatoms. The van der Waals surface area contributed by atoms with Gasteiger partial charge in [-0.25, -0.2) is 0 Å². The van der Waals surface area contributed by atoms with Gasteiger partial charge in [0.15, 0.2) is 6.10 Å². The van der Waals surface area contributed by atoms with Gasteiger partial charge in [-0.1, -0.05) is 23.6 Å². The van der Waals surface area contributed by atoms with Crippen LogP contribution in [0.3, 0.4) is 0 Å². The predicted octanol–water partition coefficient (Wildman–Crippen LogP) is 0.970. The summed E-state index contributed by atoms with van der Waals surface area (Å²) in [5, 5.41) is 2.57. The van der Waals surface area contributed by atoms with E-state index in [1.807, 2.05) is 25.1 Å². The highest BCUT2D eigenvalue weighted by Gasteiger charge is 2.15. The van der Waals surface area contributed by atoms with Gasteiger partial charge < -0.3 is 15.8 Å². The second kappa shape index (κ2) is 6.67. The van der Waals surface area contributed by atoms with Crippen molar-refractivity contribution in [1.29, 1.82) is 0 Å². The molecule has 0 aliphatic heterocycles. The molecule has 0 radical (unpaired) electrons. The van der Waals surface area contributed by atoms with Crippen molar-refractivity contribution in [3.8, 4) is 18.1 Å². The first-order valence-corrected chi connectivity index (χ1v) is 5.76. The zero-order chi connectivity index (χ0) is 13.5. The van der Waals surface area contributed by atoms with Crippen LogP contribution in [0.15, 0.2) is 18.2 Å². The third-order valence-corrected chi connectivity index (χ3v) is 2.47. The minimum absolute atomic E-state index is 0.199. The zero-order valence-electron chi connectivity index (χ0n) is 10.7. The molecule has 96 valence electrons. The molecule has 18 heavy (non-hydrogen) atoms. The number of nitrogens with one attached hydrogen (secondary N) is 1. The quantitative estimate of drug-likeness (QED) is 0.761. The predicted molar refractivity (Wildman–Crippen MR) is 71.0 cm³/mol. The fourth-order valence-electron chi connectivity index (χ4n) is 1.51. The maximum absolute atomic E-state index is 11.6. The second-order valence-corrected chi connectivity index (χ2v) is 4.00. The van der Waals surface area contributed by atoms with Crippen LogP contribution in [0.5, 0.6) is 5.75 Å². The summed E-state index contributed by atoms with van der Waals surface area (Å²) in [7, 11) is 0. The van der Waals surface area contributed by atoms with Crippen molar-refractivity contribution in [2.45, 2.75) is 26.5 Å². The highest BCUT2D eigenvalue weighted by atomic mass is 16.5. The van der Waals surface area contributed by atoms with Crippen LogP contribution in [0.25, 0.3) is 0 Å². The van der Waals surface area contributed by atoms with E-state index >= 15 is 0 Å². The molecule has 1 amide bonds. The fraction of sp³-hybridized carbons (Fsp3) is 0.357. The number of ether oxygens (including phenoxy) is 1. The van der Waals surface area contributed by atoms with Crippen LogP contribution in [0.2, 0.25) is 0 Å². The van der Waals surface area contributed by atoms with Gasteiger partial charge in [-0.05, 0) is 19.9 Å². The highest BCUT2D eigenvalue weighted by molar-refractivity contribution is 5.80. The van der Waals surface area contributed by atoms with Crippen molar-refractivity contribution < 1.29 is 9.53 Å². The van der Waals surface area contributed by atoms with Gasteiger partial charge in [0.05, 0.1) is 6.54 Å². The van der Waals surface area contributed by atoms with Crippen LogP contribution in [-0.2, 0) is 11.3 Å². The number of hydrogen-bond acceptors (Lipinski definition) is 3. The molecule has 0 heterocycles. The van der Waals surface area contributed by atoms with E-state index in [0.717, 1.165) is 11.1 Å². The van der Waals surface area contributed by atoms with E-state index in [1.54, 1.807) is 6.92 Å². The van der Waals surface area contributed by atoms with Crippen LogP contribution < -0.4 is 15.8 Å². The third kappa shape index (κ3) is 3.79. The van der Waals surface area contributed by atoms with Crippen molar-refractivity contribution >= 4 is 5.91 Å². The van der Waals surface area contributed by atoms with Gasteiger partial charge in [-0.2, -0.15) is 0 Å². The number of rotatable bonds is 5. The van der Waals surface area contributed by atoms with Gasteiger partial charge in [-0.15, -0.1) is 6.42 Å². The molecule has 3 N–H and O–H groups in total. The fourth-order valence-corrected chi connectivity index (χ4v) is 1.51. The Morgan fingerprint density at radius 1 is 1.61 bits per heavy atom. The molecular weight excluding hydrogens is 228 g/mol. The Morgan fingerprint density at radius 2 is 2.33 bits per heavy atom. The normalized spacial score (nSPS) is 11.4. The van der Waals surface area contributed by atoms with E-state index in [0.29, 0.717) is 12.3 Å². The van der Waals surface area contributed by atoms with Crippen molar-refractivity contribution in [2.75, 3.05) is 6.54 Å². The van der Waals surface area contributed by atoms with E-state index < -0.39 is 6.10 Å². The van der Waals surface area contributed by atoms with Crippen molar-refractivity contribution in [3.63, 3.8) is 0 Å². The second-order valence-electron chi connectivity index (χ2n) is 4.00. The molecule has 1 aromatic carbocycles. The van der Waals surface area contributed by atoms with Crippen LogP contribution in [-0.4, -0.2) is 18.6 Å². The first-order chi connectivity index (χ1) is 8.58. The van der Waals surface area contributed by atoms with Crippen molar-refractivity contribution in [2.24, 2.45) is 5.73 Å². The Morgan fingerprint density at radius 3 is 2.94 bits per heavy atom. The molecule has 1 rings (SSSR count). The average Bonchev–Trinajstić information content (AvgIpc) is 2.37. The maximum Gasteiger partial charge on any atom is 0.261 e. The molecule has 0 aliphatic carbocycles. The Balaban J connectivity index is 2.72. The van der Waals surface area contributed by atoms with Gasteiger partial charge in [0.2, 0.25) is 0 Å². The summed E-state index contributed by atoms with van der Waals surface area (Å²) in [6.07, 6.45) is 4.46. The summed E-state index contributed by atoms with van der Waals surface area (Å²) in [5.41, 5.74) is 7.63. The van der Waals surface area contributed by atoms with Gasteiger partial charge >= 0.3 is 0 Å². The first kappa shape index (κ1) is 14.1. The number of hydrogen-bond donors (Lipinski definition) is 2. The summed E-state index contributed by atoms with van der Waals surface area (Å²) in [6, 6.07) is 5.68. The Labute approximate surface area is 108 Å². The topological polar surface area (TPSA) is 64.3 Å². The van der Waals surface area contributed by atoms with E-state index in [2.05, 4.69) is 11.2 Å². The van der Waals surface area contributed by atoms with Gasteiger partial charge in [0.1, 0.15) is 5.75 Å². The molecule has 1 unspecified atom stereocenters. The summed E-state index contributed by atoms with van der Waals surface area (Å²) in [6.45, 7) is 4.22. The lowest BCUT2D eigenvalue weighted by molar-refractivity contribution is -0.127. The van der Waals surface area contributed by atoms with Crippen LogP contribution in [0.4, 0.5) is 0 Å². The molecule has 0 bridgehead atoms. The number of nitrogens with two attached hydrogens (primary N) is 1. The molecule has 1 aromatic rings. The number of carbonyl (C=O) groups is 1. The van der Waals surface area contributed by atoms with Gasteiger partial charge in [0, 0.05) is 12.1 Å². The van der Waals surface area contributed by atoms with E-state index in [-0.39, 0.29) is 12.5 Å². The highest BCUT2D eigenvalue weighted by Crippen LogP contribution is 2.20. The van der Waals surface area contributed by atoms with Crippen molar-refractivity contribution in [3.05, 3.63) is 29.3 Å². The third-order valence-electron chi connectivity index (χ3n) is 2.47. The molecule has 0 saturated heterocycles. The Kier molecular flexibility index (Phi) is 5.22. The molecule has 1 atom stereocenters. The minimum Gasteiger partial charge on any atom is -0.481 e. The Bertz CT molecular complexity index is 463. The standard InChI is InChI=1S/C14H18N2O2/c1-4-7-16-14(17)11(3)18-13-6-5-10(2)8-12(13)9-15/h1,5-6,8,11H,7,9,15H2,2-3H3,(H,16,17). The van der Waals surface area contributed by atoms with Gasteiger partial charge in [-0.3, -0.25) is 4.79 Å². The van der Waals surface area contributed by atoms with Crippen LogP contribution >= 0.6 is 0 Å². The zero-order valence-corrected chi connectivity index (χ0v) is 10.7. The number of benzene rings is 1. The minimum atomic E-state index is -0.605. The molecule has 0 fully saturated rings. The number of aryl methyl sites for hydroxylation is 1. The van der Waals surface area contributed by atoms with E-state index in [9.17, 15) is 4.79 Å². The van der Waals surface area contributed by atoms with Crippen LogP contribution in [0, 0.1) is 19.3 Å². The SMILES string of the molecule is C#CCNC(=O)C(C)Oc1ccc(C)cc1CN. The summed E-state index contributed by atoms with van der Waals surface area (Å²) in [5.74, 6) is 2.73.